The molecule has 6 heteroatoms. The summed E-state index contributed by atoms with van der Waals surface area (Å²) in [5.41, 5.74) is 3.58. The SMILES string of the molecule is COc1ccc(C2CN(Cc3ncc[nH]3)Cc3[nH]cnc32)cc1. The van der Waals surface area contributed by atoms with Gasteiger partial charge in [0.1, 0.15) is 11.6 Å². The molecule has 0 saturated carbocycles. The zero-order valence-corrected chi connectivity index (χ0v) is 13.0. The lowest BCUT2D eigenvalue weighted by Gasteiger charge is -2.31. The zero-order valence-electron chi connectivity index (χ0n) is 13.0. The molecular weight excluding hydrogens is 290 g/mol. The standard InChI is InChI=1S/C17H19N5O/c1-23-13-4-2-12(3-5-13)14-8-22(10-16-18-6-7-19-16)9-15-17(14)21-11-20-15/h2-7,11,14H,8-10H2,1H3,(H,18,19)(H,20,21). The molecule has 1 aliphatic heterocycles. The first-order valence-corrected chi connectivity index (χ1v) is 7.70. The Balaban J connectivity index is 1.62. The fraction of sp³-hybridized carbons (Fsp3) is 0.294. The molecule has 0 radical (unpaired) electrons. The Bertz CT molecular complexity index is 763. The van der Waals surface area contributed by atoms with Crippen LogP contribution >= 0.6 is 0 Å². The summed E-state index contributed by atoms with van der Waals surface area (Å²) in [6.45, 7) is 2.59. The minimum absolute atomic E-state index is 0.255. The molecule has 2 aromatic heterocycles. The van der Waals surface area contributed by atoms with Crippen molar-refractivity contribution in [2.75, 3.05) is 13.7 Å². The van der Waals surface area contributed by atoms with Crippen LogP contribution in [0.2, 0.25) is 0 Å². The topological polar surface area (TPSA) is 69.8 Å². The van der Waals surface area contributed by atoms with Gasteiger partial charge in [-0.15, -0.1) is 0 Å². The molecule has 2 N–H and O–H groups in total. The number of hydrogen-bond acceptors (Lipinski definition) is 4. The number of aromatic amines is 2. The number of ether oxygens (including phenoxy) is 1. The van der Waals surface area contributed by atoms with Gasteiger partial charge in [-0.2, -0.15) is 0 Å². The molecule has 23 heavy (non-hydrogen) atoms. The molecule has 3 heterocycles. The summed E-state index contributed by atoms with van der Waals surface area (Å²) in [5.74, 6) is 2.12. The number of H-pyrrole nitrogens is 2. The van der Waals surface area contributed by atoms with Gasteiger partial charge in [-0.1, -0.05) is 12.1 Å². The van der Waals surface area contributed by atoms with Crippen LogP contribution in [0.3, 0.4) is 0 Å². The van der Waals surface area contributed by atoms with Gasteiger partial charge in [0.25, 0.3) is 0 Å². The van der Waals surface area contributed by atoms with Gasteiger partial charge < -0.3 is 14.7 Å². The van der Waals surface area contributed by atoms with Crippen molar-refractivity contribution in [2.45, 2.75) is 19.0 Å². The van der Waals surface area contributed by atoms with E-state index < -0.39 is 0 Å². The number of hydrogen-bond donors (Lipinski definition) is 2. The van der Waals surface area contributed by atoms with Gasteiger partial charge in [0.2, 0.25) is 0 Å². The van der Waals surface area contributed by atoms with Gasteiger partial charge in [-0.3, -0.25) is 4.90 Å². The number of methoxy groups -OCH3 is 1. The van der Waals surface area contributed by atoms with E-state index >= 15 is 0 Å². The third-order valence-electron chi connectivity index (χ3n) is 4.35. The van der Waals surface area contributed by atoms with Crippen molar-refractivity contribution < 1.29 is 4.74 Å². The van der Waals surface area contributed by atoms with E-state index in [1.807, 2.05) is 18.3 Å². The first-order chi connectivity index (χ1) is 11.3. The fourth-order valence-electron chi connectivity index (χ4n) is 3.21. The van der Waals surface area contributed by atoms with E-state index in [0.717, 1.165) is 36.9 Å². The van der Waals surface area contributed by atoms with Gasteiger partial charge in [-0.25, -0.2) is 9.97 Å². The molecule has 0 spiro atoms. The van der Waals surface area contributed by atoms with E-state index in [-0.39, 0.29) is 5.92 Å². The van der Waals surface area contributed by atoms with Crippen molar-refractivity contribution in [3.05, 3.63) is 65.8 Å². The van der Waals surface area contributed by atoms with Gasteiger partial charge in [0, 0.05) is 31.4 Å². The van der Waals surface area contributed by atoms with E-state index in [4.69, 9.17) is 4.74 Å². The Kier molecular flexibility index (Phi) is 3.59. The average Bonchev–Trinajstić information content (AvgIpc) is 3.26. The van der Waals surface area contributed by atoms with E-state index in [0.29, 0.717) is 0 Å². The molecule has 1 unspecified atom stereocenters. The highest BCUT2D eigenvalue weighted by molar-refractivity contribution is 5.36. The number of imidazole rings is 2. The summed E-state index contributed by atoms with van der Waals surface area (Å²) in [5, 5.41) is 0. The maximum absolute atomic E-state index is 5.26. The predicted molar refractivity (Wildman–Crippen MR) is 86.1 cm³/mol. The summed E-state index contributed by atoms with van der Waals surface area (Å²) >= 11 is 0. The van der Waals surface area contributed by atoms with Crippen LogP contribution in [0.15, 0.2) is 43.0 Å². The number of benzene rings is 1. The largest absolute Gasteiger partial charge is 0.497 e. The maximum atomic E-state index is 5.26. The third-order valence-corrected chi connectivity index (χ3v) is 4.35. The molecule has 118 valence electrons. The molecule has 1 aliphatic rings. The van der Waals surface area contributed by atoms with Crippen molar-refractivity contribution in [1.29, 1.82) is 0 Å². The minimum Gasteiger partial charge on any atom is -0.497 e. The number of aromatic nitrogens is 4. The molecule has 4 rings (SSSR count). The van der Waals surface area contributed by atoms with Gasteiger partial charge in [0.15, 0.2) is 0 Å². The molecule has 0 fully saturated rings. The van der Waals surface area contributed by atoms with Crippen molar-refractivity contribution in [3.63, 3.8) is 0 Å². The summed E-state index contributed by atoms with van der Waals surface area (Å²) in [6.07, 6.45) is 5.45. The highest BCUT2D eigenvalue weighted by atomic mass is 16.5. The van der Waals surface area contributed by atoms with E-state index in [1.54, 1.807) is 19.6 Å². The van der Waals surface area contributed by atoms with Crippen LogP contribution in [0.25, 0.3) is 0 Å². The smallest absolute Gasteiger partial charge is 0.120 e. The van der Waals surface area contributed by atoms with E-state index in [1.165, 1.54) is 11.3 Å². The second kappa shape index (κ2) is 5.89. The van der Waals surface area contributed by atoms with Crippen molar-refractivity contribution in [2.24, 2.45) is 0 Å². The van der Waals surface area contributed by atoms with Crippen LogP contribution in [0, 0.1) is 0 Å². The Labute approximate surface area is 134 Å². The summed E-state index contributed by atoms with van der Waals surface area (Å²) in [6, 6.07) is 8.26. The predicted octanol–water partition coefficient (Wildman–Crippen LogP) is 2.29. The maximum Gasteiger partial charge on any atom is 0.120 e. The Morgan fingerprint density at radius 3 is 2.83 bits per heavy atom. The van der Waals surface area contributed by atoms with Crippen LogP contribution in [0.1, 0.15) is 28.7 Å². The van der Waals surface area contributed by atoms with Crippen molar-refractivity contribution in [3.8, 4) is 5.75 Å². The lowest BCUT2D eigenvalue weighted by Crippen LogP contribution is -2.34. The van der Waals surface area contributed by atoms with Crippen LogP contribution in [0.5, 0.6) is 5.75 Å². The number of fused-ring (bicyclic) bond motifs is 1. The van der Waals surface area contributed by atoms with Crippen LogP contribution in [-0.4, -0.2) is 38.5 Å². The van der Waals surface area contributed by atoms with Crippen LogP contribution in [0.4, 0.5) is 0 Å². The first kappa shape index (κ1) is 14.0. The molecular formula is C17H19N5O. The van der Waals surface area contributed by atoms with Gasteiger partial charge in [-0.05, 0) is 17.7 Å². The lowest BCUT2D eigenvalue weighted by molar-refractivity contribution is 0.223. The number of nitrogens with one attached hydrogen (secondary N) is 2. The normalized spacial score (nSPS) is 17.9. The van der Waals surface area contributed by atoms with E-state index in [2.05, 4.69) is 37.0 Å². The minimum atomic E-state index is 0.255. The monoisotopic (exact) mass is 309 g/mol. The number of rotatable bonds is 4. The Morgan fingerprint density at radius 1 is 1.22 bits per heavy atom. The zero-order chi connectivity index (χ0) is 15.6. The molecule has 1 aromatic carbocycles. The third kappa shape index (κ3) is 2.73. The highest BCUT2D eigenvalue weighted by Crippen LogP contribution is 2.32. The molecule has 0 saturated heterocycles. The van der Waals surface area contributed by atoms with Crippen molar-refractivity contribution in [1.82, 2.24) is 24.8 Å². The quantitative estimate of drug-likeness (QED) is 0.776. The summed E-state index contributed by atoms with van der Waals surface area (Å²) in [7, 11) is 1.69. The second-order valence-corrected chi connectivity index (χ2v) is 5.80. The van der Waals surface area contributed by atoms with Crippen LogP contribution < -0.4 is 4.74 Å². The highest BCUT2D eigenvalue weighted by Gasteiger charge is 2.29. The molecule has 6 nitrogen and oxygen atoms in total. The summed E-state index contributed by atoms with van der Waals surface area (Å²) in [4.78, 5) is 17.7. The summed E-state index contributed by atoms with van der Waals surface area (Å²) < 4.78 is 5.26. The lowest BCUT2D eigenvalue weighted by atomic mass is 9.91. The molecule has 3 aromatic rings. The molecule has 0 aliphatic carbocycles. The second-order valence-electron chi connectivity index (χ2n) is 5.80. The first-order valence-electron chi connectivity index (χ1n) is 7.70. The van der Waals surface area contributed by atoms with Gasteiger partial charge in [0.05, 0.1) is 31.4 Å². The molecule has 0 amide bonds. The number of nitrogens with zero attached hydrogens (tertiary/aromatic N) is 3. The van der Waals surface area contributed by atoms with Crippen molar-refractivity contribution >= 4 is 0 Å². The Hall–Kier alpha value is -2.60. The van der Waals surface area contributed by atoms with Crippen LogP contribution in [-0.2, 0) is 13.1 Å². The fourth-order valence-corrected chi connectivity index (χ4v) is 3.21. The molecule has 0 bridgehead atoms. The van der Waals surface area contributed by atoms with Gasteiger partial charge >= 0.3 is 0 Å². The molecule has 1 atom stereocenters. The van der Waals surface area contributed by atoms with E-state index in [9.17, 15) is 0 Å². The average molecular weight is 309 g/mol. The Morgan fingerprint density at radius 2 is 2.09 bits per heavy atom.